The molecule has 0 radical (unpaired) electrons. The molecule has 0 atom stereocenters. The maximum absolute atomic E-state index is 11.7. The molecule has 0 unspecified atom stereocenters. The number of amides is 1. The van der Waals surface area contributed by atoms with Crippen molar-refractivity contribution in [2.75, 3.05) is 32.8 Å². The summed E-state index contributed by atoms with van der Waals surface area (Å²) in [5.74, 6) is 1.81. The third-order valence-corrected chi connectivity index (χ3v) is 3.81. The number of hydrogen-bond donors (Lipinski definition) is 1. The second-order valence-electron chi connectivity index (χ2n) is 4.34. The lowest BCUT2D eigenvalue weighted by atomic mass is 10.2. The van der Waals surface area contributed by atoms with Crippen molar-refractivity contribution in [2.45, 2.75) is 13.0 Å². The lowest BCUT2D eigenvalue weighted by molar-refractivity contribution is -0.140. The second kappa shape index (κ2) is 9.94. The molecule has 1 amide bonds. The molecular weight excluding hydrogens is 306 g/mol. The first-order chi connectivity index (χ1) is 10.6. The van der Waals surface area contributed by atoms with Gasteiger partial charge in [0, 0.05) is 12.3 Å². The van der Waals surface area contributed by atoms with E-state index in [1.54, 1.807) is 20.3 Å². The maximum Gasteiger partial charge on any atom is 0.306 e. The van der Waals surface area contributed by atoms with Gasteiger partial charge in [-0.05, 0) is 17.7 Å². The Balaban J connectivity index is 2.33. The van der Waals surface area contributed by atoms with E-state index in [1.165, 1.54) is 18.9 Å². The minimum Gasteiger partial charge on any atom is -0.493 e. The SMILES string of the molecule is COC(=O)CCSCC(=O)NCc1ccc(OC)c(OC)c1. The molecule has 0 spiro atoms. The lowest BCUT2D eigenvalue weighted by Gasteiger charge is -2.10. The van der Waals surface area contributed by atoms with Gasteiger partial charge in [-0.25, -0.2) is 0 Å². The van der Waals surface area contributed by atoms with Crippen LogP contribution < -0.4 is 14.8 Å². The molecule has 0 aliphatic carbocycles. The Labute approximate surface area is 134 Å². The molecule has 6 nitrogen and oxygen atoms in total. The molecule has 7 heteroatoms. The largest absolute Gasteiger partial charge is 0.493 e. The normalized spacial score (nSPS) is 9.95. The monoisotopic (exact) mass is 327 g/mol. The van der Waals surface area contributed by atoms with Gasteiger partial charge in [0.1, 0.15) is 0 Å². The first-order valence-corrected chi connectivity index (χ1v) is 7.88. The number of carbonyl (C=O) groups is 2. The predicted molar refractivity (Wildman–Crippen MR) is 85.4 cm³/mol. The van der Waals surface area contributed by atoms with Gasteiger partial charge in [-0.1, -0.05) is 6.07 Å². The third-order valence-electron chi connectivity index (χ3n) is 2.85. The molecule has 0 saturated heterocycles. The zero-order valence-electron chi connectivity index (χ0n) is 13.0. The smallest absolute Gasteiger partial charge is 0.306 e. The fraction of sp³-hybridized carbons (Fsp3) is 0.467. The van der Waals surface area contributed by atoms with Crippen molar-refractivity contribution in [3.05, 3.63) is 23.8 Å². The Hall–Kier alpha value is -1.89. The van der Waals surface area contributed by atoms with Crippen LogP contribution in [0.1, 0.15) is 12.0 Å². The molecule has 0 aliphatic heterocycles. The van der Waals surface area contributed by atoms with Crippen molar-refractivity contribution < 1.29 is 23.8 Å². The highest BCUT2D eigenvalue weighted by atomic mass is 32.2. The van der Waals surface area contributed by atoms with Crippen molar-refractivity contribution in [2.24, 2.45) is 0 Å². The Morgan fingerprint density at radius 3 is 2.50 bits per heavy atom. The van der Waals surface area contributed by atoms with Crippen LogP contribution >= 0.6 is 11.8 Å². The van der Waals surface area contributed by atoms with Crippen LogP contribution in [0.5, 0.6) is 11.5 Å². The van der Waals surface area contributed by atoms with Gasteiger partial charge in [-0.15, -0.1) is 0 Å². The molecular formula is C15H21NO5S. The van der Waals surface area contributed by atoms with E-state index in [-0.39, 0.29) is 11.9 Å². The first-order valence-electron chi connectivity index (χ1n) is 6.72. The highest BCUT2D eigenvalue weighted by Crippen LogP contribution is 2.27. The lowest BCUT2D eigenvalue weighted by Crippen LogP contribution is -2.24. The minimum absolute atomic E-state index is 0.0790. The summed E-state index contributed by atoms with van der Waals surface area (Å²) in [7, 11) is 4.49. The summed E-state index contributed by atoms with van der Waals surface area (Å²) in [5.41, 5.74) is 0.922. The molecule has 0 aliphatic rings. The van der Waals surface area contributed by atoms with E-state index in [0.29, 0.717) is 36.0 Å². The second-order valence-corrected chi connectivity index (χ2v) is 5.45. The van der Waals surface area contributed by atoms with Gasteiger partial charge >= 0.3 is 5.97 Å². The number of benzene rings is 1. The van der Waals surface area contributed by atoms with Crippen LogP contribution in [0.4, 0.5) is 0 Å². The van der Waals surface area contributed by atoms with Crippen molar-refractivity contribution >= 4 is 23.6 Å². The molecule has 1 aromatic rings. The molecule has 0 heterocycles. The molecule has 0 saturated carbocycles. The zero-order valence-corrected chi connectivity index (χ0v) is 13.8. The van der Waals surface area contributed by atoms with Crippen molar-refractivity contribution in [1.82, 2.24) is 5.32 Å². The quantitative estimate of drug-likeness (QED) is 0.549. The van der Waals surface area contributed by atoms with Gasteiger partial charge < -0.3 is 19.5 Å². The van der Waals surface area contributed by atoms with E-state index >= 15 is 0 Å². The number of rotatable bonds is 9. The van der Waals surface area contributed by atoms with Gasteiger partial charge in [0.05, 0.1) is 33.5 Å². The topological polar surface area (TPSA) is 73.9 Å². The minimum atomic E-state index is -0.266. The molecule has 122 valence electrons. The number of thioether (sulfide) groups is 1. The fourth-order valence-corrected chi connectivity index (χ4v) is 2.41. The number of nitrogens with one attached hydrogen (secondary N) is 1. The number of methoxy groups -OCH3 is 3. The Morgan fingerprint density at radius 2 is 1.86 bits per heavy atom. The summed E-state index contributed by atoms with van der Waals surface area (Å²) in [6, 6.07) is 5.49. The molecule has 1 rings (SSSR count). The predicted octanol–water partition coefficient (Wildman–Crippen LogP) is 1.62. The average Bonchev–Trinajstić information content (AvgIpc) is 2.56. The van der Waals surface area contributed by atoms with Gasteiger partial charge in [0.2, 0.25) is 5.91 Å². The Morgan fingerprint density at radius 1 is 1.14 bits per heavy atom. The van der Waals surface area contributed by atoms with Crippen LogP contribution in [0.2, 0.25) is 0 Å². The number of esters is 1. The van der Waals surface area contributed by atoms with Gasteiger partial charge in [-0.3, -0.25) is 9.59 Å². The summed E-state index contributed by atoms with van der Waals surface area (Å²) >= 11 is 1.40. The number of ether oxygens (including phenoxy) is 3. The summed E-state index contributed by atoms with van der Waals surface area (Å²) in [6.45, 7) is 0.413. The van der Waals surface area contributed by atoms with Crippen LogP contribution in [0, 0.1) is 0 Å². The molecule has 22 heavy (non-hydrogen) atoms. The fourth-order valence-electron chi connectivity index (χ4n) is 1.66. The van der Waals surface area contributed by atoms with E-state index in [4.69, 9.17) is 9.47 Å². The summed E-state index contributed by atoms with van der Waals surface area (Å²) in [4.78, 5) is 22.6. The van der Waals surface area contributed by atoms with Crippen molar-refractivity contribution in [1.29, 1.82) is 0 Å². The molecule has 0 bridgehead atoms. The van der Waals surface area contributed by atoms with Crippen LogP contribution in [0.15, 0.2) is 18.2 Å². The van der Waals surface area contributed by atoms with Gasteiger partial charge in [0.15, 0.2) is 11.5 Å². The molecule has 0 fully saturated rings. The summed E-state index contributed by atoms with van der Waals surface area (Å²) in [5, 5.41) is 2.82. The van der Waals surface area contributed by atoms with Crippen molar-refractivity contribution in [3.8, 4) is 11.5 Å². The maximum atomic E-state index is 11.7. The van der Waals surface area contributed by atoms with Crippen LogP contribution in [-0.4, -0.2) is 44.7 Å². The van der Waals surface area contributed by atoms with E-state index in [2.05, 4.69) is 10.1 Å². The van der Waals surface area contributed by atoms with Crippen LogP contribution in [-0.2, 0) is 20.9 Å². The van der Waals surface area contributed by atoms with E-state index in [0.717, 1.165) is 5.56 Å². The Kier molecular flexibility index (Phi) is 8.21. The molecule has 0 aromatic heterocycles. The average molecular weight is 327 g/mol. The highest BCUT2D eigenvalue weighted by Gasteiger charge is 2.07. The number of hydrogen-bond acceptors (Lipinski definition) is 6. The standard InChI is InChI=1S/C15H21NO5S/c1-19-12-5-4-11(8-13(12)20-2)9-16-14(17)10-22-7-6-15(18)21-3/h4-5,8H,6-7,9-10H2,1-3H3,(H,16,17). The van der Waals surface area contributed by atoms with E-state index in [1.807, 2.05) is 12.1 Å². The first kappa shape index (κ1) is 18.2. The molecule has 1 N–H and O–H groups in total. The molecule has 1 aromatic carbocycles. The van der Waals surface area contributed by atoms with Crippen LogP contribution in [0.3, 0.4) is 0 Å². The summed E-state index contributed by atoms with van der Waals surface area (Å²) < 4.78 is 14.9. The van der Waals surface area contributed by atoms with Crippen LogP contribution in [0.25, 0.3) is 0 Å². The van der Waals surface area contributed by atoms with Crippen molar-refractivity contribution in [3.63, 3.8) is 0 Å². The van der Waals surface area contributed by atoms with E-state index in [9.17, 15) is 9.59 Å². The Bertz CT molecular complexity index is 507. The highest BCUT2D eigenvalue weighted by molar-refractivity contribution is 7.99. The third kappa shape index (κ3) is 6.26. The zero-order chi connectivity index (χ0) is 16.4. The number of carbonyl (C=O) groups excluding carboxylic acids is 2. The van der Waals surface area contributed by atoms with Gasteiger partial charge in [0.25, 0.3) is 0 Å². The van der Waals surface area contributed by atoms with Gasteiger partial charge in [-0.2, -0.15) is 11.8 Å². The summed E-state index contributed by atoms with van der Waals surface area (Å²) in [6.07, 6.45) is 0.310. The van der Waals surface area contributed by atoms with E-state index < -0.39 is 0 Å².